The minimum Gasteiger partial charge on any atom is -0.478 e. The van der Waals surface area contributed by atoms with Gasteiger partial charge in [-0.05, 0) is 35.3 Å². The largest absolute Gasteiger partial charge is 0.478 e. The summed E-state index contributed by atoms with van der Waals surface area (Å²) in [5.41, 5.74) is 1.93. The predicted octanol–water partition coefficient (Wildman–Crippen LogP) is 3.46. The number of rotatable bonds is 7. The molecule has 4 rings (SSSR count). The molecular formula is C23H24N4O2. The number of benzene rings is 2. The van der Waals surface area contributed by atoms with E-state index in [1.807, 2.05) is 0 Å². The fourth-order valence-corrected chi connectivity index (χ4v) is 3.81. The summed E-state index contributed by atoms with van der Waals surface area (Å²) >= 11 is 0. The fourth-order valence-electron chi connectivity index (χ4n) is 3.81. The summed E-state index contributed by atoms with van der Waals surface area (Å²) in [5.74, 6) is -0.276. The highest BCUT2D eigenvalue weighted by molar-refractivity contribution is 5.85. The van der Waals surface area contributed by atoms with Crippen LogP contribution in [0.3, 0.4) is 0 Å². The number of aromatic nitrogens is 2. The topological polar surface area (TPSA) is 78.3 Å². The summed E-state index contributed by atoms with van der Waals surface area (Å²) in [4.78, 5) is 21.6. The molecule has 1 aliphatic rings. The van der Waals surface area contributed by atoms with Crippen LogP contribution in [-0.4, -0.2) is 51.6 Å². The summed E-state index contributed by atoms with van der Waals surface area (Å²) in [6.45, 7) is 3.08. The van der Waals surface area contributed by atoms with Gasteiger partial charge in [0.25, 0.3) is 0 Å². The zero-order valence-electron chi connectivity index (χ0n) is 16.2. The van der Waals surface area contributed by atoms with Crippen molar-refractivity contribution in [2.75, 3.05) is 25.0 Å². The average Bonchev–Trinajstić information content (AvgIpc) is 3.19. The summed E-state index contributed by atoms with van der Waals surface area (Å²) in [6, 6.07) is 15.4. The summed E-state index contributed by atoms with van der Waals surface area (Å²) in [5, 5.41) is 14.7. The van der Waals surface area contributed by atoms with Crippen molar-refractivity contribution in [1.29, 1.82) is 0 Å². The van der Waals surface area contributed by atoms with Gasteiger partial charge in [0.1, 0.15) is 5.82 Å². The lowest BCUT2D eigenvalue weighted by atomic mass is 10.0. The molecule has 148 valence electrons. The Bertz CT molecular complexity index is 1010. The Balaban J connectivity index is 1.30. The molecule has 1 atom stereocenters. The van der Waals surface area contributed by atoms with Crippen molar-refractivity contribution in [2.45, 2.75) is 18.9 Å². The van der Waals surface area contributed by atoms with Crippen LogP contribution < -0.4 is 5.32 Å². The maximum atomic E-state index is 10.6. The van der Waals surface area contributed by atoms with Crippen molar-refractivity contribution in [2.24, 2.45) is 0 Å². The van der Waals surface area contributed by atoms with Crippen molar-refractivity contribution in [3.63, 3.8) is 0 Å². The molecule has 2 aromatic carbocycles. The molecule has 2 N–H and O–H groups in total. The van der Waals surface area contributed by atoms with Gasteiger partial charge in [-0.15, -0.1) is 0 Å². The van der Waals surface area contributed by atoms with E-state index in [9.17, 15) is 4.79 Å². The van der Waals surface area contributed by atoms with Gasteiger partial charge in [-0.25, -0.2) is 9.78 Å². The van der Waals surface area contributed by atoms with Crippen LogP contribution in [0.4, 0.5) is 5.82 Å². The number of hydrogen-bond acceptors (Lipinski definition) is 5. The third-order valence-corrected chi connectivity index (χ3v) is 5.27. The first-order valence-electron chi connectivity index (χ1n) is 9.86. The highest BCUT2D eigenvalue weighted by Crippen LogP contribution is 2.20. The van der Waals surface area contributed by atoms with E-state index in [1.165, 1.54) is 22.4 Å². The normalized spacial score (nSPS) is 17.2. The Kier molecular flexibility index (Phi) is 5.81. The molecule has 1 fully saturated rings. The maximum Gasteiger partial charge on any atom is 0.328 e. The molecular weight excluding hydrogens is 364 g/mol. The summed E-state index contributed by atoms with van der Waals surface area (Å²) in [7, 11) is 0. The van der Waals surface area contributed by atoms with Gasteiger partial charge in [0.15, 0.2) is 0 Å². The second-order valence-electron chi connectivity index (χ2n) is 7.32. The van der Waals surface area contributed by atoms with Gasteiger partial charge in [0.2, 0.25) is 0 Å². The van der Waals surface area contributed by atoms with Gasteiger partial charge in [0.05, 0.1) is 18.1 Å². The van der Waals surface area contributed by atoms with E-state index in [-0.39, 0.29) is 0 Å². The van der Waals surface area contributed by atoms with Crippen LogP contribution in [0, 0.1) is 0 Å². The first kappa shape index (κ1) is 19.1. The first-order valence-corrected chi connectivity index (χ1v) is 9.86. The van der Waals surface area contributed by atoms with Crippen molar-refractivity contribution in [1.82, 2.24) is 14.9 Å². The predicted molar refractivity (Wildman–Crippen MR) is 115 cm³/mol. The molecule has 29 heavy (non-hydrogen) atoms. The van der Waals surface area contributed by atoms with Gasteiger partial charge in [-0.3, -0.25) is 4.98 Å². The smallest absolute Gasteiger partial charge is 0.328 e. The third-order valence-electron chi connectivity index (χ3n) is 5.27. The zero-order chi connectivity index (χ0) is 20.1. The molecule has 0 aliphatic carbocycles. The van der Waals surface area contributed by atoms with Gasteiger partial charge in [0, 0.05) is 31.8 Å². The number of carbonyl (C=O) groups is 1. The van der Waals surface area contributed by atoms with E-state index in [4.69, 9.17) is 5.11 Å². The number of carboxylic acids is 1. The van der Waals surface area contributed by atoms with E-state index in [0.29, 0.717) is 11.7 Å². The van der Waals surface area contributed by atoms with Crippen LogP contribution in [0.5, 0.6) is 0 Å². The van der Waals surface area contributed by atoms with Crippen molar-refractivity contribution < 1.29 is 9.90 Å². The van der Waals surface area contributed by atoms with Crippen LogP contribution in [-0.2, 0) is 11.2 Å². The maximum absolute atomic E-state index is 10.6. The Labute approximate surface area is 169 Å². The lowest BCUT2D eigenvalue weighted by Crippen LogP contribution is -2.28. The van der Waals surface area contributed by atoms with Crippen LogP contribution >= 0.6 is 0 Å². The number of fused-ring (bicyclic) bond motifs is 1. The second kappa shape index (κ2) is 8.84. The van der Waals surface area contributed by atoms with Crippen LogP contribution in [0.2, 0.25) is 0 Å². The van der Waals surface area contributed by atoms with Gasteiger partial charge >= 0.3 is 5.97 Å². The SMILES string of the molecule is O=C(O)C=Cc1cnc(N[C@@H]2CCN(CCc3cccc4ccccc34)C2)cn1. The Hall–Kier alpha value is -3.25. The van der Waals surface area contributed by atoms with E-state index in [2.05, 4.69) is 62.6 Å². The zero-order valence-corrected chi connectivity index (χ0v) is 16.2. The Morgan fingerprint density at radius 2 is 2.03 bits per heavy atom. The molecule has 0 amide bonds. The molecule has 6 nitrogen and oxygen atoms in total. The molecule has 0 unspecified atom stereocenters. The molecule has 0 bridgehead atoms. The van der Waals surface area contributed by atoms with Crippen molar-refractivity contribution in [3.8, 4) is 0 Å². The van der Waals surface area contributed by atoms with E-state index in [0.717, 1.165) is 44.4 Å². The minimum atomic E-state index is -0.997. The van der Waals surface area contributed by atoms with E-state index in [1.54, 1.807) is 12.4 Å². The first-order chi connectivity index (χ1) is 14.2. The minimum absolute atomic E-state index is 0.345. The van der Waals surface area contributed by atoms with Crippen LogP contribution in [0.1, 0.15) is 17.7 Å². The Morgan fingerprint density at radius 3 is 2.86 bits per heavy atom. The number of hydrogen-bond donors (Lipinski definition) is 2. The van der Waals surface area contributed by atoms with Crippen LogP contribution in [0.25, 0.3) is 16.8 Å². The lowest BCUT2D eigenvalue weighted by molar-refractivity contribution is -0.131. The molecule has 0 spiro atoms. The average molecular weight is 388 g/mol. The van der Waals surface area contributed by atoms with E-state index >= 15 is 0 Å². The summed E-state index contributed by atoms with van der Waals surface area (Å²) in [6.07, 6.45) is 7.83. The molecule has 2 heterocycles. The summed E-state index contributed by atoms with van der Waals surface area (Å²) < 4.78 is 0. The molecule has 1 aromatic heterocycles. The molecule has 0 radical (unpaired) electrons. The highest BCUT2D eigenvalue weighted by atomic mass is 16.4. The molecule has 1 saturated heterocycles. The molecule has 1 aliphatic heterocycles. The molecule has 0 saturated carbocycles. The monoisotopic (exact) mass is 388 g/mol. The number of aliphatic carboxylic acids is 1. The third kappa shape index (κ3) is 4.97. The van der Waals surface area contributed by atoms with Gasteiger partial charge in [-0.2, -0.15) is 0 Å². The highest BCUT2D eigenvalue weighted by Gasteiger charge is 2.22. The quantitative estimate of drug-likeness (QED) is 0.604. The van der Waals surface area contributed by atoms with Crippen molar-refractivity contribution in [3.05, 3.63) is 72.2 Å². The number of likely N-dealkylation sites (tertiary alicyclic amines) is 1. The van der Waals surface area contributed by atoms with Crippen LogP contribution in [0.15, 0.2) is 60.9 Å². The standard InChI is InChI=1S/C23H24N4O2/c28-23(29)9-8-19-14-25-22(15-24-19)26-20-11-13-27(16-20)12-10-18-6-3-5-17-4-1-2-7-21(17)18/h1-9,14-15,20H,10-13,16H2,(H,25,26)(H,28,29)/t20-/m1/s1. The number of nitrogens with zero attached hydrogens (tertiary/aromatic N) is 3. The number of anilines is 1. The van der Waals surface area contributed by atoms with Gasteiger partial charge < -0.3 is 15.3 Å². The van der Waals surface area contributed by atoms with Crippen molar-refractivity contribution >= 4 is 28.6 Å². The number of nitrogens with one attached hydrogen (secondary N) is 1. The molecule has 3 aromatic rings. The van der Waals surface area contributed by atoms with Gasteiger partial charge in [-0.1, -0.05) is 42.5 Å². The lowest BCUT2D eigenvalue weighted by Gasteiger charge is -2.17. The second-order valence-corrected chi connectivity index (χ2v) is 7.32. The van der Waals surface area contributed by atoms with E-state index < -0.39 is 5.97 Å². The molecule has 6 heteroatoms. The Morgan fingerprint density at radius 1 is 1.17 bits per heavy atom. The number of carboxylic acid groups (broad SMARTS) is 1. The fraction of sp³-hybridized carbons (Fsp3) is 0.261.